The highest BCUT2D eigenvalue weighted by molar-refractivity contribution is 5.55. The van der Waals surface area contributed by atoms with Gasteiger partial charge in [-0.3, -0.25) is 4.99 Å². The number of aromatic amines is 1. The van der Waals surface area contributed by atoms with Crippen molar-refractivity contribution in [1.29, 1.82) is 0 Å². The van der Waals surface area contributed by atoms with Crippen molar-refractivity contribution in [3.63, 3.8) is 0 Å². The molecule has 0 saturated heterocycles. The molecule has 0 aliphatic rings. The fraction of sp³-hybridized carbons (Fsp3) is 0.500. The fourth-order valence-electron chi connectivity index (χ4n) is 0.620. The first kappa shape index (κ1) is 9.57. The summed E-state index contributed by atoms with van der Waals surface area (Å²) in [5, 5.41) is 0. The molecular weight excluding hydrogens is 168 g/mol. The van der Waals surface area contributed by atoms with Gasteiger partial charge in [0.05, 0.1) is 11.9 Å². The summed E-state index contributed by atoms with van der Waals surface area (Å²) in [6.45, 7) is 5.92. The quantitative estimate of drug-likeness (QED) is 0.533. The topological polar surface area (TPSA) is 76.3 Å². The van der Waals surface area contributed by atoms with E-state index in [1.54, 1.807) is 0 Å². The fourth-order valence-corrected chi connectivity index (χ4v) is 0.620. The van der Waals surface area contributed by atoms with Gasteiger partial charge in [0.25, 0.3) is 5.88 Å². The van der Waals surface area contributed by atoms with Crippen LogP contribution < -0.4 is 10.5 Å². The summed E-state index contributed by atoms with van der Waals surface area (Å²) in [6.07, 6.45) is 2.82. The number of aromatic nitrogens is 2. The van der Waals surface area contributed by atoms with E-state index in [4.69, 9.17) is 10.5 Å². The second-order valence-corrected chi connectivity index (χ2v) is 3.64. The summed E-state index contributed by atoms with van der Waals surface area (Å²) in [6, 6.07) is 0. The summed E-state index contributed by atoms with van der Waals surface area (Å²) >= 11 is 0. The molecule has 5 nitrogen and oxygen atoms in total. The Balaban J connectivity index is 2.53. The summed E-state index contributed by atoms with van der Waals surface area (Å²) in [5.74, 6) is 0.758. The Morgan fingerprint density at radius 3 is 2.77 bits per heavy atom. The van der Waals surface area contributed by atoms with Crippen LogP contribution in [0.2, 0.25) is 0 Å². The molecule has 5 heteroatoms. The zero-order valence-corrected chi connectivity index (χ0v) is 8.03. The number of H-pyrrole nitrogens is 1. The third kappa shape index (κ3) is 3.14. The van der Waals surface area contributed by atoms with E-state index in [0.717, 1.165) is 0 Å². The van der Waals surface area contributed by atoms with Gasteiger partial charge in [-0.1, -0.05) is 0 Å². The van der Waals surface area contributed by atoms with E-state index in [2.05, 4.69) is 15.0 Å². The van der Waals surface area contributed by atoms with Gasteiger partial charge >= 0.3 is 0 Å². The first-order chi connectivity index (χ1) is 5.99. The third-order valence-electron chi connectivity index (χ3n) is 1.24. The average Bonchev–Trinajstić information content (AvgIpc) is 2.34. The van der Waals surface area contributed by atoms with Crippen LogP contribution in [-0.4, -0.2) is 21.9 Å². The molecule has 0 aromatic carbocycles. The molecule has 0 atom stereocenters. The zero-order valence-electron chi connectivity index (χ0n) is 8.03. The minimum atomic E-state index is -0.148. The number of anilines is 1. The van der Waals surface area contributed by atoms with E-state index in [0.29, 0.717) is 11.7 Å². The monoisotopic (exact) mass is 182 g/mol. The molecule has 72 valence electrons. The summed E-state index contributed by atoms with van der Waals surface area (Å²) in [5.41, 5.74) is 5.34. The second-order valence-electron chi connectivity index (χ2n) is 3.64. The number of ether oxygens (including phenoxy) is 1. The van der Waals surface area contributed by atoms with E-state index in [1.807, 2.05) is 20.8 Å². The number of imidazole rings is 1. The number of nitrogens with zero attached hydrogens (tertiary/aromatic N) is 2. The van der Waals surface area contributed by atoms with Gasteiger partial charge < -0.3 is 15.5 Å². The predicted molar refractivity (Wildman–Crippen MR) is 51.9 cm³/mol. The Morgan fingerprint density at radius 2 is 2.31 bits per heavy atom. The van der Waals surface area contributed by atoms with Gasteiger partial charge in [-0.2, -0.15) is 0 Å². The van der Waals surface area contributed by atoms with E-state index < -0.39 is 0 Å². The average molecular weight is 182 g/mol. The van der Waals surface area contributed by atoms with Crippen LogP contribution in [0.5, 0.6) is 5.88 Å². The van der Waals surface area contributed by atoms with Crippen LogP contribution in [0.4, 0.5) is 5.82 Å². The summed E-state index contributed by atoms with van der Waals surface area (Å²) in [7, 11) is 0. The Bertz CT molecular complexity index is 297. The molecule has 1 aromatic rings. The van der Waals surface area contributed by atoms with Crippen LogP contribution in [0.25, 0.3) is 0 Å². The molecule has 13 heavy (non-hydrogen) atoms. The van der Waals surface area contributed by atoms with E-state index in [-0.39, 0.29) is 5.54 Å². The SMILES string of the molecule is CC(C)(C)/N=C/Oc1nc[nH]c1N. The van der Waals surface area contributed by atoms with Gasteiger partial charge in [0.2, 0.25) is 0 Å². The van der Waals surface area contributed by atoms with Crippen molar-refractivity contribution >= 4 is 12.2 Å². The number of hydrogen-bond acceptors (Lipinski definition) is 4. The molecule has 0 unspecified atom stereocenters. The van der Waals surface area contributed by atoms with Crippen molar-refractivity contribution in [2.75, 3.05) is 5.73 Å². The van der Waals surface area contributed by atoms with Gasteiger partial charge in [0.15, 0.2) is 12.2 Å². The number of aliphatic imine (C=N–C) groups is 1. The van der Waals surface area contributed by atoms with E-state index >= 15 is 0 Å². The zero-order chi connectivity index (χ0) is 9.90. The van der Waals surface area contributed by atoms with Crippen LogP contribution in [0, 0.1) is 0 Å². The maximum absolute atomic E-state index is 5.49. The highest BCUT2D eigenvalue weighted by Gasteiger charge is 2.06. The maximum atomic E-state index is 5.49. The molecule has 1 heterocycles. The highest BCUT2D eigenvalue weighted by Crippen LogP contribution is 2.13. The Kier molecular flexibility index (Phi) is 2.55. The Hall–Kier alpha value is -1.52. The normalized spacial score (nSPS) is 12.2. The summed E-state index contributed by atoms with van der Waals surface area (Å²) < 4.78 is 5.09. The molecular formula is C8H14N4O. The lowest BCUT2D eigenvalue weighted by Gasteiger charge is -2.09. The largest absolute Gasteiger partial charge is 0.424 e. The number of nitrogens with two attached hydrogens (primary N) is 1. The molecule has 0 amide bonds. The van der Waals surface area contributed by atoms with Crippen molar-refractivity contribution in [3.05, 3.63) is 6.33 Å². The van der Waals surface area contributed by atoms with Gasteiger partial charge in [0.1, 0.15) is 0 Å². The second kappa shape index (κ2) is 3.47. The molecule has 1 aromatic heterocycles. The molecule has 1 rings (SSSR count). The molecule has 0 bridgehead atoms. The van der Waals surface area contributed by atoms with Crippen LogP contribution >= 0.6 is 0 Å². The van der Waals surface area contributed by atoms with Crippen LogP contribution in [0.1, 0.15) is 20.8 Å². The number of hydrogen-bond donors (Lipinski definition) is 2. The molecule has 0 spiro atoms. The van der Waals surface area contributed by atoms with Crippen molar-refractivity contribution < 1.29 is 4.74 Å². The summed E-state index contributed by atoms with van der Waals surface area (Å²) in [4.78, 5) is 10.7. The molecule has 0 radical (unpaired) electrons. The lowest BCUT2D eigenvalue weighted by molar-refractivity contribution is 0.519. The number of nitrogens with one attached hydrogen (secondary N) is 1. The van der Waals surface area contributed by atoms with Crippen molar-refractivity contribution in [2.45, 2.75) is 26.3 Å². The van der Waals surface area contributed by atoms with Gasteiger partial charge in [0, 0.05) is 0 Å². The molecule has 0 fully saturated rings. The molecule has 3 N–H and O–H groups in total. The molecule has 0 aliphatic heterocycles. The van der Waals surface area contributed by atoms with Crippen LogP contribution in [-0.2, 0) is 0 Å². The van der Waals surface area contributed by atoms with Gasteiger partial charge in [-0.25, -0.2) is 4.98 Å². The number of nitrogen functional groups attached to an aromatic ring is 1. The standard InChI is InChI=1S/C8H14N4O/c1-8(2,3)12-5-13-7-6(9)10-4-11-7/h4-5H,9H2,1-3H3,(H,10,11)/b12-5+. The first-order valence-corrected chi connectivity index (χ1v) is 3.98. The minimum Gasteiger partial charge on any atom is -0.424 e. The van der Waals surface area contributed by atoms with Crippen molar-refractivity contribution in [1.82, 2.24) is 9.97 Å². The predicted octanol–water partition coefficient (Wildman–Crippen LogP) is 1.20. The smallest absolute Gasteiger partial charge is 0.262 e. The lowest BCUT2D eigenvalue weighted by atomic mass is 10.1. The van der Waals surface area contributed by atoms with Gasteiger partial charge in [-0.05, 0) is 20.8 Å². The highest BCUT2D eigenvalue weighted by atomic mass is 16.5. The van der Waals surface area contributed by atoms with Crippen molar-refractivity contribution in [2.24, 2.45) is 4.99 Å². The van der Waals surface area contributed by atoms with E-state index in [9.17, 15) is 0 Å². The van der Waals surface area contributed by atoms with Gasteiger partial charge in [-0.15, -0.1) is 0 Å². The van der Waals surface area contributed by atoms with Crippen LogP contribution in [0.15, 0.2) is 11.3 Å². The maximum Gasteiger partial charge on any atom is 0.262 e. The Labute approximate surface area is 77.0 Å². The lowest BCUT2D eigenvalue weighted by Crippen LogP contribution is -2.11. The molecule has 0 aliphatic carbocycles. The molecule has 0 saturated carbocycles. The van der Waals surface area contributed by atoms with E-state index in [1.165, 1.54) is 12.7 Å². The third-order valence-corrected chi connectivity index (χ3v) is 1.24. The Morgan fingerprint density at radius 1 is 1.62 bits per heavy atom. The van der Waals surface area contributed by atoms with Crippen molar-refractivity contribution in [3.8, 4) is 5.88 Å². The van der Waals surface area contributed by atoms with Crippen LogP contribution in [0.3, 0.4) is 0 Å². The first-order valence-electron chi connectivity index (χ1n) is 3.98. The minimum absolute atomic E-state index is 0.148. The number of rotatable bonds is 2.